The number of nitrogens with zero attached hydrogens (tertiary/aromatic N) is 2. The molecule has 3 rings (SSSR count). The van der Waals surface area contributed by atoms with Gasteiger partial charge in [0.15, 0.2) is 0 Å². The van der Waals surface area contributed by atoms with Crippen LogP contribution in [0.15, 0.2) is 30.3 Å². The minimum atomic E-state index is 0.0401. The van der Waals surface area contributed by atoms with Crippen molar-refractivity contribution in [3.8, 4) is 0 Å². The highest BCUT2D eigenvalue weighted by Crippen LogP contribution is 2.23. The predicted molar refractivity (Wildman–Crippen MR) is 96.0 cm³/mol. The van der Waals surface area contributed by atoms with E-state index in [9.17, 15) is 9.59 Å². The highest BCUT2D eigenvalue weighted by Gasteiger charge is 2.34. The van der Waals surface area contributed by atoms with Crippen molar-refractivity contribution in [3.05, 3.63) is 35.9 Å². The second-order valence-electron chi connectivity index (χ2n) is 7.28. The predicted octanol–water partition coefficient (Wildman–Crippen LogP) is 2.10. The number of amides is 2. The van der Waals surface area contributed by atoms with Gasteiger partial charge in [-0.2, -0.15) is 0 Å². The quantitative estimate of drug-likeness (QED) is 0.844. The van der Waals surface area contributed by atoms with Crippen LogP contribution in [-0.2, 0) is 20.7 Å². The van der Waals surface area contributed by atoms with Crippen LogP contribution in [0.25, 0.3) is 0 Å². The lowest BCUT2D eigenvalue weighted by Gasteiger charge is -2.40. The first-order valence-corrected chi connectivity index (χ1v) is 9.26. The molecule has 0 aliphatic carbocycles. The smallest absolute Gasteiger partial charge is 0.225 e. The number of piperidine rings is 1. The Bertz CT molecular complexity index is 596. The molecule has 1 aromatic rings. The van der Waals surface area contributed by atoms with Gasteiger partial charge < -0.3 is 14.5 Å². The Kier molecular flexibility index (Phi) is 5.74. The molecule has 2 saturated heterocycles. The summed E-state index contributed by atoms with van der Waals surface area (Å²) in [5.74, 6) is 0.378. The Balaban J connectivity index is 1.57. The van der Waals surface area contributed by atoms with Crippen molar-refractivity contribution in [2.24, 2.45) is 5.92 Å². The lowest BCUT2D eigenvalue weighted by atomic mass is 9.94. The number of hydrogen-bond donors (Lipinski definition) is 0. The normalized spacial score (nSPS) is 25.0. The summed E-state index contributed by atoms with van der Waals surface area (Å²) in [5, 5.41) is 0. The molecule has 2 fully saturated rings. The van der Waals surface area contributed by atoms with E-state index in [4.69, 9.17) is 4.74 Å². The Labute approximate surface area is 149 Å². The fourth-order valence-corrected chi connectivity index (χ4v) is 3.91. The number of carbonyl (C=O) groups excluding carboxylic acids is 2. The van der Waals surface area contributed by atoms with E-state index in [1.165, 1.54) is 5.56 Å². The zero-order valence-corrected chi connectivity index (χ0v) is 15.2. The molecule has 2 aliphatic rings. The maximum absolute atomic E-state index is 12.9. The topological polar surface area (TPSA) is 49.9 Å². The molecule has 1 aromatic carbocycles. The fourth-order valence-electron chi connectivity index (χ4n) is 3.91. The van der Waals surface area contributed by atoms with Gasteiger partial charge in [0.05, 0.1) is 12.2 Å². The van der Waals surface area contributed by atoms with E-state index < -0.39 is 0 Å². The first kappa shape index (κ1) is 17.9. The number of carbonyl (C=O) groups is 2. The van der Waals surface area contributed by atoms with Gasteiger partial charge in [-0.3, -0.25) is 9.59 Å². The van der Waals surface area contributed by atoms with E-state index >= 15 is 0 Å². The van der Waals surface area contributed by atoms with Crippen LogP contribution in [-0.4, -0.2) is 60.0 Å². The van der Waals surface area contributed by atoms with Gasteiger partial charge in [-0.1, -0.05) is 30.3 Å². The molecule has 2 heterocycles. The second kappa shape index (κ2) is 8.00. The van der Waals surface area contributed by atoms with E-state index in [0.29, 0.717) is 26.2 Å². The number of benzene rings is 1. The van der Waals surface area contributed by atoms with Gasteiger partial charge in [0.2, 0.25) is 11.8 Å². The summed E-state index contributed by atoms with van der Waals surface area (Å²) in [7, 11) is 0. The maximum atomic E-state index is 12.9. The van der Waals surface area contributed by atoms with Gasteiger partial charge in [0.25, 0.3) is 0 Å². The third-order valence-electron chi connectivity index (χ3n) is 5.23. The third-order valence-corrected chi connectivity index (χ3v) is 5.23. The Morgan fingerprint density at radius 2 is 1.76 bits per heavy atom. The highest BCUT2D eigenvalue weighted by atomic mass is 16.5. The number of rotatable bonds is 3. The van der Waals surface area contributed by atoms with Crippen molar-refractivity contribution < 1.29 is 14.3 Å². The summed E-state index contributed by atoms with van der Waals surface area (Å²) in [6.45, 7) is 6.34. The van der Waals surface area contributed by atoms with Crippen molar-refractivity contribution in [2.45, 2.75) is 45.3 Å². The molecule has 0 spiro atoms. The first-order valence-electron chi connectivity index (χ1n) is 9.26. The van der Waals surface area contributed by atoms with E-state index in [1.807, 2.05) is 34.9 Å². The number of ether oxygens (including phenoxy) is 1. The van der Waals surface area contributed by atoms with Crippen LogP contribution >= 0.6 is 0 Å². The summed E-state index contributed by atoms with van der Waals surface area (Å²) in [6, 6.07) is 10.3. The summed E-state index contributed by atoms with van der Waals surface area (Å²) >= 11 is 0. The molecule has 2 aliphatic heterocycles. The van der Waals surface area contributed by atoms with E-state index in [-0.39, 0.29) is 29.9 Å². The van der Waals surface area contributed by atoms with Crippen molar-refractivity contribution in [1.29, 1.82) is 0 Å². The van der Waals surface area contributed by atoms with Crippen molar-refractivity contribution in [3.63, 3.8) is 0 Å². The largest absolute Gasteiger partial charge is 0.371 e. The van der Waals surface area contributed by atoms with Crippen molar-refractivity contribution in [1.82, 2.24) is 9.80 Å². The Hall–Kier alpha value is -1.88. The van der Waals surface area contributed by atoms with Crippen LogP contribution in [0.3, 0.4) is 0 Å². The number of hydrogen-bond acceptors (Lipinski definition) is 3. The van der Waals surface area contributed by atoms with Crippen molar-refractivity contribution >= 4 is 11.8 Å². The fraction of sp³-hybridized carbons (Fsp3) is 0.600. The van der Waals surface area contributed by atoms with Gasteiger partial charge in [-0.05, 0) is 25.3 Å². The second-order valence-corrected chi connectivity index (χ2v) is 7.28. The summed E-state index contributed by atoms with van der Waals surface area (Å²) in [6.07, 6.45) is 2.48. The standard InChI is InChI=1S/C20H28N2O3/c1-15-13-22(14-19(25-15)12-17-6-4-3-5-7-17)20(24)18-8-10-21(11-9-18)16(2)23/h3-7,15,18-19H,8-14H2,1-2H3. The lowest BCUT2D eigenvalue weighted by Crippen LogP contribution is -2.52. The maximum Gasteiger partial charge on any atom is 0.225 e. The molecule has 0 bridgehead atoms. The molecular weight excluding hydrogens is 316 g/mol. The van der Waals surface area contributed by atoms with Crippen LogP contribution < -0.4 is 0 Å². The van der Waals surface area contributed by atoms with Gasteiger partial charge in [0, 0.05) is 45.4 Å². The first-order chi connectivity index (χ1) is 12.0. The SMILES string of the molecule is CC(=O)N1CCC(C(=O)N2CC(C)OC(Cc3ccccc3)C2)CC1. The molecule has 0 aromatic heterocycles. The molecule has 0 saturated carbocycles. The van der Waals surface area contributed by atoms with Crippen molar-refractivity contribution in [2.75, 3.05) is 26.2 Å². The lowest BCUT2D eigenvalue weighted by molar-refractivity contribution is -0.151. The zero-order chi connectivity index (χ0) is 17.8. The molecule has 2 amide bonds. The van der Waals surface area contributed by atoms with Gasteiger partial charge in [-0.25, -0.2) is 0 Å². The molecule has 0 radical (unpaired) electrons. The highest BCUT2D eigenvalue weighted by molar-refractivity contribution is 5.80. The number of morpholine rings is 1. The third kappa shape index (κ3) is 4.60. The summed E-state index contributed by atoms with van der Waals surface area (Å²) in [5.41, 5.74) is 1.24. The van der Waals surface area contributed by atoms with Gasteiger partial charge in [-0.15, -0.1) is 0 Å². The Morgan fingerprint density at radius 1 is 1.08 bits per heavy atom. The monoisotopic (exact) mass is 344 g/mol. The van der Waals surface area contributed by atoms with Gasteiger partial charge in [0.1, 0.15) is 0 Å². The summed E-state index contributed by atoms with van der Waals surface area (Å²) < 4.78 is 6.06. The molecular formula is C20H28N2O3. The molecule has 2 atom stereocenters. The van der Waals surface area contributed by atoms with E-state index in [0.717, 1.165) is 19.3 Å². The van der Waals surface area contributed by atoms with Crippen LogP contribution in [0.2, 0.25) is 0 Å². The zero-order valence-electron chi connectivity index (χ0n) is 15.2. The van der Waals surface area contributed by atoms with Crippen LogP contribution in [0.1, 0.15) is 32.3 Å². The Morgan fingerprint density at radius 3 is 2.40 bits per heavy atom. The van der Waals surface area contributed by atoms with Gasteiger partial charge >= 0.3 is 0 Å². The van der Waals surface area contributed by atoms with Crippen LogP contribution in [0.5, 0.6) is 0 Å². The molecule has 5 nitrogen and oxygen atoms in total. The molecule has 5 heteroatoms. The summed E-state index contributed by atoms with van der Waals surface area (Å²) in [4.78, 5) is 28.2. The minimum Gasteiger partial charge on any atom is -0.371 e. The number of likely N-dealkylation sites (tertiary alicyclic amines) is 1. The average Bonchev–Trinajstić information content (AvgIpc) is 2.61. The molecule has 2 unspecified atom stereocenters. The average molecular weight is 344 g/mol. The minimum absolute atomic E-state index is 0.0401. The van der Waals surface area contributed by atoms with E-state index in [1.54, 1.807) is 6.92 Å². The van der Waals surface area contributed by atoms with E-state index in [2.05, 4.69) is 12.1 Å². The van der Waals surface area contributed by atoms with Crippen LogP contribution in [0, 0.1) is 5.92 Å². The molecule has 0 N–H and O–H groups in total. The molecule has 136 valence electrons. The molecule has 25 heavy (non-hydrogen) atoms. The van der Waals surface area contributed by atoms with Crippen LogP contribution in [0.4, 0.5) is 0 Å².